The highest BCUT2D eigenvalue weighted by Gasteiger charge is 2.25. The van der Waals surface area contributed by atoms with Gasteiger partial charge in [0.2, 0.25) is 5.91 Å². The van der Waals surface area contributed by atoms with Gasteiger partial charge in [-0.15, -0.1) is 0 Å². The van der Waals surface area contributed by atoms with Gasteiger partial charge in [-0.25, -0.2) is 9.78 Å². The molecule has 1 aromatic heterocycles. The molecule has 1 atom stereocenters. The molecule has 2 amide bonds. The summed E-state index contributed by atoms with van der Waals surface area (Å²) in [5, 5.41) is 4.38. The zero-order valence-electron chi connectivity index (χ0n) is 16.2. The molecule has 0 aliphatic rings. The number of alkyl carbamates (subject to hydrolysis) is 1. The number of hydrogen-bond donors (Lipinski definition) is 4. The minimum atomic E-state index is -4.39. The van der Waals surface area contributed by atoms with Crippen molar-refractivity contribution in [2.24, 2.45) is 0 Å². The molecule has 0 fully saturated rings. The number of imidazole rings is 1. The molecule has 142 valence electrons. The molecule has 1 rings (SSSR count). The molecule has 0 saturated carbocycles. The van der Waals surface area contributed by atoms with E-state index in [1.807, 2.05) is 5.32 Å². The van der Waals surface area contributed by atoms with E-state index in [0.29, 0.717) is 5.69 Å². The van der Waals surface area contributed by atoms with Crippen LogP contribution in [0.4, 0.5) is 4.79 Å². The number of H-pyrrole nitrogens is 1. The van der Waals surface area contributed by atoms with Gasteiger partial charge < -0.3 is 20.4 Å². The molecule has 0 aliphatic heterocycles. The number of amides is 2. The van der Waals surface area contributed by atoms with E-state index in [1.54, 1.807) is 20.8 Å². The average Bonchev–Trinajstić information content (AvgIpc) is 2.94. The van der Waals surface area contributed by atoms with Crippen molar-refractivity contribution >= 4 is 22.1 Å². The van der Waals surface area contributed by atoms with E-state index in [2.05, 4.69) is 15.3 Å². The van der Waals surface area contributed by atoms with Crippen molar-refractivity contribution in [2.75, 3.05) is 12.2 Å². The van der Waals surface area contributed by atoms with Gasteiger partial charge in [-0.2, -0.15) is 8.42 Å². The van der Waals surface area contributed by atoms with Crippen molar-refractivity contribution in [3.8, 4) is 0 Å². The van der Waals surface area contributed by atoms with Gasteiger partial charge in [-0.05, 0) is 27.2 Å². The van der Waals surface area contributed by atoms with Crippen LogP contribution in [0.5, 0.6) is 0 Å². The van der Waals surface area contributed by atoms with E-state index in [9.17, 15) is 18.0 Å². The minimum Gasteiger partial charge on any atom is -0.444 e. The van der Waals surface area contributed by atoms with Crippen molar-refractivity contribution in [3.63, 3.8) is 0 Å². The summed E-state index contributed by atoms with van der Waals surface area (Å²) in [5.41, 5.74) is -0.298. The Kier molecular flexibility index (Phi) is 6.23. The molecule has 0 saturated heterocycles. The number of carbonyl (C=O) groups excluding carboxylic acids is 2. The number of rotatable bonds is 8. The quantitative estimate of drug-likeness (QED) is 0.473. The van der Waals surface area contributed by atoms with Gasteiger partial charge in [0.05, 0.1) is 12.1 Å². The summed E-state index contributed by atoms with van der Waals surface area (Å²) in [4.78, 5) is 31.0. The lowest BCUT2D eigenvalue weighted by Gasteiger charge is -2.23. The third kappa shape index (κ3) is 9.67. The molecular weight excluding hydrogens is 352 g/mol. The first-order valence-corrected chi connectivity index (χ1v) is 9.02. The van der Waals surface area contributed by atoms with E-state index in [4.69, 9.17) is 12.0 Å². The molecule has 11 heteroatoms. The summed E-state index contributed by atoms with van der Waals surface area (Å²) in [6.07, 6.45) is 1.24. The highest BCUT2D eigenvalue weighted by atomic mass is 32.2. The van der Waals surface area contributed by atoms with Crippen molar-refractivity contribution in [3.05, 3.63) is 18.2 Å². The lowest BCUT2D eigenvalue weighted by atomic mass is 10.1. The van der Waals surface area contributed by atoms with E-state index >= 15 is 0 Å². The molecule has 0 aromatic carbocycles. The van der Waals surface area contributed by atoms with Gasteiger partial charge in [-0.1, -0.05) is 0 Å². The average molecular weight is 378 g/mol. The van der Waals surface area contributed by atoms with Crippen molar-refractivity contribution in [1.29, 1.82) is 0 Å². The van der Waals surface area contributed by atoms with Gasteiger partial charge in [0.25, 0.3) is 10.1 Å². The van der Waals surface area contributed by atoms with E-state index in [1.165, 1.54) is 12.5 Å². The summed E-state index contributed by atoms with van der Waals surface area (Å²) >= 11 is 0. The summed E-state index contributed by atoms with van der Waals surface area (Å²) in [6, 6.07) is -1.21. The molecule has 0 bridgehead atoms. The minimum absolute atomic E-state index is 0.0283. The second-order valence-corrected chi connectivity index (χ2v) is 7.75. The van der Waals surface area contributed by atoms with Crippen LogP contribution in [0.1, 0.15) is 35.6 Å². The fourth-order valence-electron chi connectivity index (χ4n) is 1.69. The maximum Gasteiger partial charge on any atom is 0.408 e. The molecule has 25 heavy (non-hydrogen) atoms. The standard InChI is InChI=1S/C14H24N4O6S/c1-14(2,3)24-13(20)18-11(7-10-8-15-9-17-10)12(19)16-5-4-6-25(21,22)23/h8-9,11H,4-7H2,1-3H3,(H,15,17)(H,16,19)(H,18,20)(H,21,22,23)/i5D2. The first-order valence-electron chi connectivity index (χ1n) is 8.41. The third-order valence-corrected chi connectivity index (χ3v) is 3.40. The van der Waals surface area contributed by atoms with Crippen LogP contribution in [-0.2, 0) is 26.1 Å². The topological polar surface area (TPSA) is 150 Å². The summed E-state index contributed by atoms with van der Waals surface area (Å²) < 4.78 is 50.8. The molecule has 1 aromatic rings. The second-order valence-electron chi connectivity index (χ2n) is 6.18. The third-order valence-electron chi connectivity index (χ3n) is 2.68. The number of nitrogens with zero attached hydrogens (tertiary/aromatic N) is 1. The Morgan fingerprint density at radius 2 is 2.16 bits per heavy atom. The number of ether oxygens (including phenoxy) is 1. The number of nitrogens with one attached hydrogen (secondary N) is 3. The first kappa shape index (κ1) is 17.7. The highest BCUT2D eigenvalue weighted by Crippen LogP contribution is 2.08. The molecule has 4 N–H and O–H groups in total. The Morgan fingerprint density at radius 1 is 1.48 bits per heavy atom. The van der Waals surface area contributed by atoms with Crippen LogP contribution in [0.25, 0.3) is 0 Å². The van der Waals surface area contributed by atoms with E-state index in [-0.39, 0.29) is 6.42 Å². The predicted octanol–water partition coefficient (Wildman–Crippen LogP) is 0.240. The van der Waals surface area contributed by atoms with Crippen LogP contribution in [0.2, 0.25) is 0 Å². The Bertz CT molecular complexity index is 746. The Labute approximate surface area is 149 Å². The molecule has 0 radical (unpaired) electrons. The molecule has 0 spiro atoms. The van der Waals surface area contributed by atoms with Gasteiger partial charge in [0, 0.05) is 27.5 Å². The number of carbonyl (C=O) groups is 2. The smallest absolute Gasteiger partial charge is 0.408 e. The van der Waals surface area contributed by atoms with Crippen LogP contribution in [0.3, 0.4) is 0 Å². The van der Waals surface area contributed by atoms with Crippen molar-refractivity contribution in [2.45, 2.75) is 45.3 Å². The fraction of sp³-hybridized carbons (Fsp3) is 0.643. The zero-order valence-corrected chi connectivity index (χ0v) is 15.0. The number of aromatic nitrogens is 2. The van der Waals surface area contributed by atoms with Gasteiger partial charge >= 0.3 is 6.09 Å². The van der Waals surface area contributed by atoms with Crippen molar-refractivity contribution < 1.29 is 30.0 Å². The molecule has 1 unspecified atom stereocenters. The summed E-state index contributed by atoms with van der Waals surface area (Å²) in [5.74, 6) is -1.76. The van der Waals surface area contributed by atoms with Crippen LogP contribution in [0, 0.1) is 0 Å². The second kappa shape index (κ2) is 8.81. The summed E-state index contributed by atoms with van der Waals surface area (Å²) in [6.45, 7) is 2.51. The van der Waals surface area contributed by atoms with Crippen molar-refractivity contribution in [1.82, 2.24) is 20.6 Å². The van der Waals surface area contributed by atoms with Crippen LogP contribution >= 0.6 is 0 Å². The van der Waals surface area contributed by atoms with E-state index < -0.39 is 52.4 Å². The van der Waals surface area contributed by atoms with Crippen LogP contribution < -0.4 is 10.6 Å². The lowest BCUT2D eigenvalue weighted by Crippen LogP contribution is -2.49. The molecule has 1 heterocycles. The largest absolute Gasteiger partial charge is 0.444 e. The van der Waals surface area contributed by atoms with Crippen LogP contribution in [-0.4, -0.2) is 58.8 Å². The Hall–Kier alpha value is -2.14. The monoisotopic (exact) mass is 378 g/mol. The normalized spacial score (nSPS) is 14.9. The summed E-state index contributed by atoms with van der Waals surface area (Å²) in [7, 11) is -4.39. The first-order chi connectivity index (χ1) is 12.2. The SMILES string of the molecule is [2H]C([2H])(CCS(=O)(=O)O)NC(=O)C(Cc1cnc[nH]1)NC(=O)OC(C)(C)C. The van der Waals surface area contributed by atoms with Gasteiger partial charge in [0.1, 0.15) is 11.6 Å². The van der Waals surface area contributed by atoms with Crippen LogP contribution in [0.15, 0.2) is 12.5 Å². The lowest BCUT2D eigenvalue weighted by molar-refractivity contribution is -0.123. The maximum atomic E-state index is 12.4. The maximum absolute atomic E-state index is 12.4. The predicted molar refractivity (Wildman–Crippen MR) is 89.5 cm³/mol. The molecule has 0 aliphatic carbocycles. The molecular formula is C14H24N4O6S. The number of hydrogen-bond acceptors (Lipinski definition) is 6. The van der Waals surface area contributed by atoms with E-state index in [0.717, 1.165) is 0 Å². The van der Waals surface area contributed by atoms with Gasteiger partial charge in [0.15, 0.2) is 0 Å². The highest BCUT2D eigenvalue weighted by molar-refractivity contribution is 7.85. The fourth-order valence-corrected chi connectivity index (χ4v) is 2.05. The zero-order chi connectivity index (χ0) is 20.9. The molecule has 10 nitrogen and oxygen atoms in total. The van der Waals surface area contributed by atoms with Gasteiger partial charge in [-0.3, -0.25) is 9.35 Å². The number of aromatic amines is 1. The Balaban J connectivity index is 2.84. The Morgan fingerprint density at radius 3 is 2.68 bits per heavy atom.